The van der Waals surface area contributed by atoms with Gasteiger partial charge in [-0.15, -0.1) is 10.2 Å². The average Bonchev–Trinajstić information content (AvgIpc) is 3.04. The van der Waals surface area contributed by atoms with Gasteiger partial charge in [0.1, 0.15) is 32.0 Å². The number of azo groups is 1. The molecule has 2 amide bonds. The highest BCUT2D eigenvalue weighted by atomic mass is 35.5. The van der Waals surface area contributed by atoms with E-state index in [1.165, 1.54) is 18.2 Å². The first-order chi connectivity index (χ1) is 25.3. The van der Waals surface area contributed by atoms with Crippen LogP contribution in [0.4, 0.5) is 45.1 Å². The molecule has 1 aromatic heterocycles. The highest BCUT2D eigenvalue weighted by Crippen LogP contribution is 2.47. The second-order valence-corrected chi connectivity index (χ2v) is 16.9. The molecule has 0 aliphatic carbocycles. The fourth-order valence-electron chi connectivity index (χ4n) is 4.46. The summed E-state index contributed by atoms with van der Waals surface area (Å²) in [5, 5.41) is 12.1. The molecule has 0 saturated carbocycles. The van der Waals surface area contributed by atoms with Crippen molar-refractivity contribution in [2.75, 3.05) is 28.8 Å². The molecular formula is C28H28ClN9O13S4. The number of carbonyl (C=O) groups excluding carboxylic acids is 1. The van der Waals surface area contributed by atoms with Crippen LogP contribution >= 0.6 is 22.5 Å². The van der Waals surface area contributed by atoms with Crippen LogP contribution in [0.3, 0.4) is 0 Å². The van der Waals surface area contributed by atoms with Gasteiger partial charge < -0.3 is 34.9 Å². The second kappa shape index (κ2) is 16.3. The number of anilines is 5. The van der Waals surface area contributed by atoms with Gasteiger partial charge in [-0.3, -0.25) is 13.7 Å². The number of nitrogens with zero attached hydrogens (tertiary/aromatic N) is 6. The van der Waals surface area contributed by atoms with Gasteiger partial charge in [0.15, 0.2) is 0 Å². The third kappa shape index (κ3) is 11.9. The van der Waals surface area contributed by atoms with E-state index in [0.29, 0.717) is 18.4 Å². The predicted octanol–water partition coefficient (Wildman–Crippen LogP) is 5.68. The van der Waals surface area contributed by atoms with E-state index in [1.54, 1.807) is 11.9 Å². The van der Waals surface area contributed by atoms with E-state index in [2.05, 4.69) is 35.8 Å². The molecule has 4 aromatic carbocycles. The van der Waals surface area contributed by atoms with E-state index >= 15 is 0 Å². The molecule has 5 rings (SSSR count). The number of para-hydroxylation sites is 1. The van der Waals surface area contributed by atoms with Crippen LogP contribution in [0, 0.1) is 0 Å². The van der Waals surface area contributed by atoms with Crippen LogP contribution in [-0.2, 0) is 30.4 Å². The summed E-state index contributed by atoms with van der Waals surface area (Å²) in [7, 11) is -16.7. The molecule has 0 bridgehead atoms. The van der Waals surface area contributed by atoms with E-state index in [9.17, 15) is 52.8 Å². The topological polar surface area (TPSA) is 358 Å². The fourth-order valence-corrected chi connectivity index (χ4v) is 6.62. The largest absolute Gasteiger partial charge is 0.351 e. The molecule has 10 N–H and O–H groups in total. The lowest BCUT2D eigenvalue weighted by atomic mass is 10.1. The standard InChI is InChI=1S/C27H24ClN9O10S3.CH4O3S/c1-37(16-5-3-2-4-6-16)27-33-24(28)32-26(34-27)30-15-7-8-19(20(11-15)31-25(29)38)35-36-21-13-18-14(10-23(21)50(45,46)47)9-17(48(39,40)41)12-22(18)49(42,43)44;1-5(2,3)4/h2-13,39-41H,1H3,(H3,29,31,38)(H,42,43,44)(H,45,46,47)(H,30,32,33,34);1H3,(H,2,3,4). The number of hydrogen-bond acceptors (Lipinski definition) is 17. The van der Waals surface area contributed by atoms with Crippen LogP contribution < -0.4 is 21.3 Å². The van der Waals surface area contributed by atoms with Crippen molar-refractivity contribution in [1.82, 2.24) is 15.0 Å². The van der Waals surface area contributed by atoms with Gasteiger partial charge in [-0.2, -0.15) is 40.2 Å². The van der Waals surface area contributed by atoms with Gasteiger partial charge in [-0.05, 0) is 71.6 Å². The first kappa shape index (κ1) is 42.6. The summed E-state index contributed by atoms with van der Waals surface area (Å²) in [5.74, 6) is 0.207. The van der Waals surface area contributed by atoms with Crippen molar-refractivity contribution in [1.29, 1.82) is 0 Å². The van der Waals surface area contributed by atoms with Crippen LogP contribution in [0.2, 0.25) is 5.28 Å². The van der Waals surface area contributed by atoms with E-state index in [1.807, 2.05) is 30.3 Å². The Bertz CT molecular complexity index is 2640. The zero-order valence-corrected chi connectivity index (χ0v) is 31.8. The highest BCUT2D eigenvalue weighted by Gasteiger charge is 2.26. The quantitative estimate of drug-likeness (QED) is 0.0602. The van der Waals surface area contributed by atoms with Crippen LogP contribution in [0.25, 0.3) is 10.8 Å². The van der Waals surface area contributed by atoms with Crippen LogP contribution in [0.1, 0.15) is 0 Å². The predicted molar refractivity (Wildman–Crippen MR) is 201 cm³/mol. The van der Waals surface area contributed by atoms with E-state index in [0.717, 1.165) is 17.8 Å². The summed E-state index contributed by atoms with van der Waals surface area (Å²) < 4.78 is 124. The zero-order valence-electron chi connectivity index (χ0n) is 27.7. The van der Waals surface area contributed by atoms with Crippen molar-refractivity contribution < 1.29 is 57.4 Å². The molecule has 1 heterocycles. The van der Waals surface area contributed by atoms with Crippen molar-refractivity contribution >= 4 is 110 Å². The van der Waals surface area contributed by atoms with Gasteiger partial charge in [0.25, 0.3) is 30.4 Å². The normalized spacial score (nSPS) is 12.5. The minimum absolute atomic E-state index is 0.0105. The first-order valence-electron chi connectivity index (χ1n) is 14.4. The van der Waals surface area contributed by atoms with E-state index in [4.69, 9.17) is 21.9 Å². The molecule has 294 valence electrons. The van der Waals surface area contributed by atoms with E-state index < -0.39 is 73.0 Å². The summed E-state index contributed by atoms with van der Waals surface area (Å²) >= 11 is 6.15. The molecular weight excluding hydrogens is 834 g/mol. The maximum absolute atomic E-state index is 12.3. The Morgan fingerprint density at radius 3 is 1.95 bits per heavy atom. The molecule has 0 saturated heterocycles. The van der Waals surface area contributed by atoms with E-state index in [-0.39, 0.29) is 39.6 Å². The van der Waals surface area contributed by atoms with Crippen LogP contribution in [-0.4, -0.2) is 86.9 Å². The summed E-state index contributed by atoms with van der Waals surface area (Å²) in [6.45, 7) is 0. The number of amides is 2. The lowest BCUT2D eigenvalue weighted by Crippen LogP contribution is -2.19. The number of nitrogens with one attached hydrogen (secondary N) is 2. The lowest BCUT2D eigenvalue weighted by Gasteiger charge is -2.20. The Labute approximate surface area is 318 Å². The molecule has 0 spiro atoms. The molecule has 5 aromatic rings. The van der Waals surface area contributed by atoms with Crippen LogP contribution in [0.15, 0.2) is 97.7 Å². The Balaban J connectivity index is 0.00000126. The molecule has 0 unspecified atom stereocenters. The Morgan fingerprint density at radius 1 is 0.782 bits per heavy atom. The number of primary amides is 1. The van der Waals surface area contributed by atoms with Gasteiger partial charge >= 0.3 is 6.03 Å². The second-order valence-electron chi connectivity index (χ2n) is 10.8. The van der Waals surface area contributed by atoms with Gasteiger partial charge in [-0.25, -0.2) is 4.79 Å². The lowest BCUT2D eigenvalue weighted by molar-refractivity contribution is 0.259. The number of fused-ring (bicyclic) bond motifs is 1. The number of aromatic nitrogens is 3. The maximum atomic E-state index is 12.3. The molecule has 0 atom stereocenters. The minimum Gasteiger partial charge on any atom is -0.351 e. The van der Waals surface area contributed by atoms with Gasteiger partial charge in [0.2, 0.25) is 17.2 Å². The summed E-state index contributed by atoms with van der Waals surface area (Å²) in [6.07, 6.45) is 0.715. The number of carbonyl (C=O) groups is 1. The van der Waals surface area contributed by atoms with Crippen molar-refractivity contribution in [3.05, 3.63) is 78.1 Å². The molecule has 27 heteroatoms. The summed E-state index contributed by atoms with van der Waals surface area (Å²) in [5.41, 5.74) is 5.53. The zero-order chi connectivity index (χ0) is 41.1. The maximum Gasteiger partial charge on any atom is 0.316 e. The van der Waals surface area contributed by atoms with Gasteiger partial charge in [-0.1, -0.05) is 18.2 Å². The SMILES string of the molecule is CN(c1ccccc1)c1nc(Cl)nc(Nc2ccc(N=Nc3cc4c(S(=O)(=O)O)cc(S(O)(O)O)cc4cc3S(=O)(=O)O)c(NC(N)=O)c2)n1.CS(=O)(=O)O. The first-order valence-corrected chi connectivity index (χ1v) is 21.0. The number of halogens is 1. The Kier molecular flexibility index (Phi) is 12.6. The number of hydrogen-bond donors (Lipinski definition) is 9. The van der Waals surface area contributed by atoms with Gasteiger partial charge in [0, 0.05) is 23.8 Å². The van der Waals surface area contributed by atoms with Crippen LogP contribution in [0.5, 0.6) is 0 Å². The third-order valence-corrected chi connectivity index (χ3v) is 9.47. The molecule has 55 heavy (non-hydrogen) atoms. The third-order valence-electron chi connectivity index (χ3n) is 6.66. The van der Waals surface area contributed by atoms with Crippen molar-refractivity contribution in [2.45, 2.75) is 14.7 Å². The number of nitrogens with two attached hydrogens (primary N) is 1. The summed E-state index contributed by atoms with van der Waals surface area (Å²) in [4.78, 5) is 23.4. The van der Waals surface area contributed by atoms with Gasteiger partial charge in [0.05, 0.1) is 16.8 Å². The smallest absolute Gasteiger partial charge is 0.316 e. The Hall–Kier alpha value is -5.13. The average molecular weight is 862 g/mol. The molecule has 0 radical (unpaired) electrons. The molecule has 0 aliphatic rings. The van der Waals surface area contributed by atoms with Crippen molar-refractivity contribution in [3.63, 3.8) is 0 Å². The van der Waals surface area contributed by atoms with Crippen molar-refractivity contribution in [2.24, 2.45) is 16.0 Å². The fraction of sp³-hybridized carbons (Fsp3) is 0.0714. The molecule has 22 nitrogen and oxygen atoms in total. The summed E-state index contributed by atoms with van der Waals surface area (Å²) in [6, 6.07) is 15.1. The number of urea groups is 1. The van der Waals surface area contributed by atoms with Crippen molar-refractivity contribution in [3.8, 4) is 0 Å². The number of rotatable bonds is 10. The number of benzene rings is 4. The monoisotopic (exact) mass is 861 g/mol. The minimum atomic E-state index is -5.12. The molecule has 0 aliphatic heterocycles. The Morgan fingerprint density at radius 2 is 1.38 bits per heavy atom. The molecule has 0 fully saturated rings. The highest BCUT2D eigenvalue weighted by molar-refractivity contribution is 8.19.